The van der Waals surface area contributed by atoms with Crippen molar-refractivity contribution in [3.05, 3.63) is 59.3 Å². The van der Waals surface area contributed by atoms with Crippen LogP contribution >= 0.6 is 0 Å². The van der Waals surface area contributed by atoms with Crippen LogP contribution in [0.1, 0.15) is 42.4 Å². The SMILES string of the molecule is N#Cc1ccc(NCc2ccccc2CN2CCCCCC2)nc1. The van der Waals surface area contributed by atoms with E-state index >= 15 is 0 Å². The maximum Gasteiger partial charge on any atom is 0.126 e. The van der Waals surface area contributed by atoms with E-state index < -0.39 is 0 Å². The van der Waals surface area contributed by atoms with Gasteiger partial charge in [-0.1, -0.05) is 37.1 Å². The molecule has 4 nitrogen and oxygen atoms in total. The van der Waals surface area contributed by atoms with Gasteiger partial charge in [-0.05, 0) is 49.2 Å². The second kappa shape index (κ2) is 8.47. The summed E-state index contributed by atoms with van der Waals surface area (Å²) in [6.45, 7) is 4.19. The molecule has 4 heteroatoms. The first kappa shape index (κ1) is 16.5. The minimum Gasteiger partial charge on any atom is -0.366 e. The van der Waals surface area contributed by atoms with Crippen molar-refractivity contribution in [1.29, 1.82) is 5.26 Å². The maximum absolute atomic E-state index is 8.83. The summed E-state index contributed by atoms with van der Waals surface area (Å²) in [5.41, 5.74) is 3.29. The zero-order valence-electron chi connectivity index (χ0n) is 14.0. The molecule has 0 unspecified atom stereocenters. The Kier molecular flexibility index (Phi) is 5.81. The fourth-order valence-electron chi connectivity index (χ4n) is 3.17. The normalized spacial score (nSPS) is 15.5. The lowest BCUT2D eigenvalue weighted by atomic mass is 10.1. The number of aromatic nitrogens is 1. The van der Waals surface area contributed by atoms with Crippen molar-refractivity contribution in [3.8, 4) is 6.07 Å². The molecule has 1 N–H and O–H groups in total. The largest absolute Gasteiger partial charge is 0.366 e. The summed E-state index contributed by atoms with van der Waals surface area (Å²) in [4.78, 5) is 6.85. The van der Waals surface area contributed by atoms with Crippen LogP contribution in [0.25, 0.3) is 0 Å². The molecule has 0 aliphatic carbocycles. The molecule has 3 rings (SSSR count). The Balaban J connectivity index is 1.63. The van der Waals surface area contributed by atoms with Gasteiger partial charge in [0, 0.05) is 19.3 Å². The van der Waals surface area contributed by atoms with Gasteiger partial charge in [0.25, 0.3) is 0 Å². The molecule has 1 aliphatic rings. The zero-order chi connectivity index (χ0) is 16.6. The molecule has 24 heavy (non-hydrogen) atoms. The van der Waals surface area contributed by atoms with Gasteiger partial charge in [-0.25, -0.2) is 4.98 Å². The quantitative estimate of drug-likeness (QED) is 0.906. The van der Waals surface area contributed by atoms with Gasteiger partial charge >= 0.3 is 0 Å². The number of benzene rings is 1. The lowest BCUT2D eigenvalue weighted by molar-refractivity contribution is 0.276. The number of nitrogens with zero attached hydrogens (tertiary/aromatic N) is 3. The summed E-state index contributed by atoms with van der Waals surface area (Å²) in [6, 6.07) is 14.4. The molecule has 0 amide bonds. The van der Waals surface area contributed by atoms with Crippen LogP contribution in [0.15, 0.2) is 42.6 Å². The third-order valence-electron chi connectivity index (χ3n) is 4.56. The van der Waals surface area contributed by atoms with Gasteiger partial charge in [0.1, 0.15) is 11.9 Å². The van der Waals surface area contributed by atoms with Crippen molar-refractivity contribution < 1.29 is 0 Å². The molecule has 0 spiro atoms. The van der Waals surface area contributed by atoms with E-state index in [0.29, 0.717) is 5.56 Å². The van der Waals surface area contributed by atoms with E-state index in [1.165, 1.54) is 49.9 Å². The monoisotopic (exact) mass is 320 g/mol. The molecule has 0 saturated carbocycles. The number of pyridine rings is 1. The van der Waals surface area contributed by atoms with E-state index in [4.69, 9.17) is 5.26 Å². The van der Waals surface area contributed by atoms with Crippen molar-refractivity contribution in [1.82, 2.24) is 9.88 Å². The van der Waals surface area contributed by atoms with Crippen molar-refractivity contribution in [2.24, 2.45) is 0 Å². The summed E-state index contributed by atoms with van der Waals surface area (Å²) < 4.78 is 0. The standard InChI is InChI=1S/C20H24N4/c21-13-17-9-10-20(22-14-17)23-15-18-7-3-4-8-19(18)16-24-11-5-1-2-6-12-24/h3-4,7-10,14H,1-2,5-6,11-12,15-16H2,(H,22,23). The Bertz CT molecular complexity index is 680. The number of anilines is 1. The van der Waals surface area contributed by atoms with Gasteiger partial charge in [-0.15, -0.1) is 0 Å². The molecule has 1 fully saturated rings. The second-order valence-corrected chi connectivity index (χ2v) is 6.36. The Morgan fingerprint density at radius 3 is 2.42 bits per heavy atom. The molecule has 1 aromatic heterocycles. The molecule has 2 aromatic rings. The minimum absolute atomic E-state index is 0.585. The second-order valence-electron chi connectivity index (χ2n) is 6.36. The molecule has 1 aromatic carbocycles. The Morgan fingerprint density at radius 1 is 1.00 bits per heavy atom. The molecular formula is C20H24N4. The predicted molar refractivity (Wildman–Crippen MR) is 96.5 cm³/mol. The third-order valence-corrected chi connectivity index (χ3v) is 4.56. The number of nitrogens with one attached hydrogen (secondary N) is 1. The summed E-state index contributed by atoms with van der Waals surface area (Å²) in [5.74, 6) is 0.804. The Morgan fingerprint density at radius 2 is 1.75 bits per heavy atom. The Labute approximate surface area is 144 Å². The topological polar surface area (TPSA) is 52.0 Å². The van der Waals surface area contributed by atoms with Crippen LogP contribution in [-0.4, -0.2) is 23.0 Å². The number of rotatable bonds is 5. The molecule has 0 bridgehead atoms. The van der Waals surface area contributed by atoms with Gasteiger partial charge in [-0.3, -0.25) is 4.90 Å². The van der Waals surface area contributed by atoms with Crippen LogP contribution in [0, 0.1) is 11.3 Å². The maximum atomic E-state index is 8.83. The van der Waals surface area contributed by atoms with Gasteiger partial charge in [-0.2, -0.15) is 5.26 Å². The van der Waals surface area contributed by atoms with Gasteiger partial charge in [0.05, 0.1) is 5.56 Å². The Hall–Kier alpha value is -2.38. The number of nitriles is 1. The van der Waals surface area contributed by atoms with Crippen LogP contribution in [0.2, 0.25) is 0 Å². The first-order valence-electron chi connectivity index (χ1n) is 8.74. The van der Waals surface area contributed by atoms with Crippen molar-refractivity contribution >= 4 is 5.82 Å². The molecule has 1 saturated heterocycles. The minimum atomic E-state index is 0.585. The van der Waals surface area contributed by atoms with Crippen LogP contribution in [0.4, 0.5) is 5.82 Å². The van der Waals surface area contributed by atoms with Crippen LogP contribution in [0.3, 0.4) is 0 Å². The third kappa shape index (κ3) is 4.56. The average Bonchev–Trinajstić information content (AvgIpc) is 2.90. The fourth-order valence-corrected chi connectivity index (χ4v) is 3.17. The number of hydrogen-bond acceptors (Lipinski definition) is 4. The smallest absolute Gasteiger partial charge is 0.126 e. The van der Waals surface area contributed by atoms with Crippen LogP contribution in [0.5, 0.6) is 0 Å². The van der Waals surface area contributed by atoms with E-state index in [9.17, 15) is 0 Å². The van der Waals surface area contributed by atoms with E-state index in [1.54, 1.807) is 12.3 Å². The number of hydrogen-bond donors (Lipinski definition) is 1. The molecule has 0 atom stereocenters. The van der Waals surface area contributed by atoms with Gasteiger partial charge in [0.2, 0.25) is 0 Å². The highest BCUT2D eigenvalue weighted by atomic mass is 15.1. The highest BCUT2D eigenvalue weighted by Crippen LogP contribution is 2.17. The van der Waals surface area contributed by atoms with Crippen molar-refractivity contribution in [3.63, 3.8) is 0 Å². The van der Waals surface area contributed by atoms with Gasteiger partial charge < -0.3 is 5.32 Å². The zero-order valence-corrected chi connectivity index (χ0v) is 14.0. The first-order valence-corrected chi connectivity index (χ1v) is 8.74. The lowest BCUT2D eigenvalue weighted by Crippen LogP contribution is -2.24. The van der Waals surface area contributed by atoms with Crippen molar-refractivity contribution in [2.45, 2.75) is 38.8 Å². The summed E-state index contributed by atoms with van der Waals surface area (Å²) in [7, 11) is 0. The molecule has 1 aliphatic heterocycles. The van der Waals surface area contributed by atoms with Crippen molar-refractivity contribution in [2.75, 3.05) is 18.4 Å². The average molecular weight is 320 g/mol. The van der Waals surface area contributed by atoms with Gasteiger partial charge in [0.15, 0.2) is 0 Å². The molecule has 124 valence electrons. The van der Waals surface area contributed by atoms with E-state index in [-0.39, 0.29) is 0 Å². The van der Waals surface area contributed by atoms with Crippen LogP contribution in [-0.2, 0) is 13.1 Å². The number of likely N-dealkylation sites (tertiary alicyclic amines) is 1. The summed E-state index contributed by atoms with van der Waals surface area (Å²) in [5, 5.41) is 12.2. The fraction of sp³-hybridized carbons (Fsp3) is 0.400. The highest BCUT2D eigenvalue weighted by Gasteiger charge is 2.11. The van der Waals surface area contributed by atoms with E-state index in [0.717, 1.165) is 18.9 Å². The molecule has 2 heterocycles. The highest BCUT2D eigenvalue weighted by molar-refractivity contribution is 5.40. The first-order chi connectivity index (χ1) is 11.8. The summed E-state index contributed by atoms with van der Waals surface area (Å²) >= 11 is 0. The summed E-state index contributed by atoms with van der Waals surface area (Å²) in [6.07, 6.45) is 6.96. The lowest BCUT2D eigenvalue weighted by Gasteiger charge is -2.21. The van der Waals surface area contributed by atoms with Crippen LogP contribution < -0.4 is 5.32 Å². The molecule has 0 radical (unpaired) electrons. The molecular weight excluding hydrogens is 296 g/mol. The predicted octanol–water partition coefficient (Wildman–Crippen LogP) is 3.94. The van der Waals surface area contributed by atoms with E-state index in [2.05, 4.69) is 45.5 Å². The van der Waals surface area contributed by atoms with E-state index in [1.807, 2.05) is 6.07 Å².